The van der Waals surface area contributed by atoms with Crippen LogP contribution in [0.25, 0.3) is 0 Å². The van der Waals surface area contributed by atoms with Crippen molar-refractivity contribution in [2.45, 2.75) is 316 Å². The normalized spacial score (nSPS) is 12.0. The average molecular weight is 875 g/mol. The molecule has 0 rings (SSSR count). The fourth-order valence-electron chi connectivity index (χ4n) is 8.32. The lowest BCUT2D eigenvalue weighted by Gasteiger charge is -2.18. The molecule has 0 heterocycles. The van der Waals surface area contributed by atoms with Gasteiger partial charge in [-0.15, -0.1) is 0 Å². The lowest BCUT2D eigenvalue weighted by Crippen LogP contribution is -2.30. The summed E-state index contributed by atoms with van der Waals surface area (Å²) in [5.41, 5.74) is 0. The highest BCUT2D eigenvalue weighted by Crippen LogP contribution is 2.17. The molecule has 0 aromatic rings. The van der Waals surface area contributed by atoms with Gasteiger partial charge in [-0.25, -0.2) is 0 Å². The Labute approximate surface area is 386 Å². The minimum absolute atomic E-state index is 0.0667. The second-order valence-electron chi connectivity index (χ2n) is 18.9. The number of hydrogen-bond acceptors (Lipinski definition) is 6. The SMILES string of the molecule is CCCCCCC/C=C\CCCCCCCC(=O)OCC(COC(=O)CCCCCCCCCCCCCCCCC)OC(=O)CCCCCCCCCCCCCCCCC. The molecule has 0 saturated carbocycles. The molecule has 1 unspecified atom stereocenters. The lowest BCUT2D eigenvalue weighted by molar-refractivity contribution is -0.167. The molecule has 0 saturated heterocycles. The van der Waals surface area contributed by atoms with E-state index in [-0.39, 0.29) is 31.1 Å². The Balaban J connectivity index is 4.33. The Kier molecular flexibility index (Phi) is 50.2. The van der Waals surface area contributed by atoms with Crippen molar-refractivity contribution >= 4 is 17.9 Å². The Bertz CT molecular complexity index is 962. The van der Waals surface area contributed by atoms with Crippen LogP contribution >= 0.6 is 0 Å². The Hall–Kier alpha value is -1.85. The Morgan fingerprint density at radius 3 is 0.806 bits per heavy atom. The van der Waals surface area contributed by atoms with E-state index in [1.807, 2.05) is 0 Å². The van der Waals surface area contributed by atoms with E-state index in [9.17, 15) is 14.4 Å². The van der Waals surface area contributed by atoms with Gasteiger partial charge in [0, 0.05) is 19.3 Å². The van der Waals surface area contributed by atoms with Crippen LogP contribution < -0.4 is 0 Å². The molecule has 366 valence electrons. The van der Waals surface area contributed by atoms with Crippen molar-refractivity contribution in [3.63, 3.8) is 0 Å². The van der Waals surface area contributed by atoms with Crippen LogP contribution in [0.4, 0.5) is 0 Å². The van der Waals surface area contributed by atoms with Crippen LogP contribution in [0.3, 0.4) is 0 Å². The molecular formula is C56H106O6. The van der Waals surface area contributed by atoms with Crippen LogP contribution in [0.5, 0.6) is 0 Å². The first-order valence-electron chi connectivity index (χ1n) is 27.7. The van der Waals surface area contributed by atoms with Crippen LogP contribution in [-0.2, 0) is 28.6 Å². The zero-order valence-corrected chi connectivity index (χ0v) is 41.9. The van der Waals surface area contributed by atoms with Gasteiger partial charge >= 0.3 is 17.9 Å². The molecule has 0 fully saturated rings. The molecule has 0 bridgehead atoms. The fraction of sp³-hybridized carbons (Fsp3) is 0.911. The quantitative estimate of drug-likeness (QED) is 0.0262. The van der Waals surface area contributed by atoms with E-state index in [1.54, 1.807) is 0 Å². The van der Waals surface area contributed by atoms with Gasteiger partial charge in [-0.1, -0.05) is 258 Å². The predicted octanol–water partition coefficient (Wildman–Crippen LogP) is 18.2. The number of carbonyl (C=O) groups excluding carboxylic acids is 3. The van der Waals surface area contributed by atoms with Gasteiger partial charge < -0.3 is 14.2 Å². The molecule has 0 spiro atoms. The summed E-state index contributed by atoms with van der Waals surface area (Å²) in [5, 5.41) is 0. The number of esters is 3. The van der Waals surface area contributed by atoms with Gasteiger partial charge in [-0.3, -0.25) is 14.4 Å². The fourth-order valence-corrected chi connectivity index (χ4v) is 8.32. The van der Waals surface area contributed by atoms with Gasteiger partial charge in [0.1, 0.15) is 13.2 Å². The largest absolute Gasteiger partial charge is 0.462 e. The van der Waals surface area contributed by atoms with Gasteiger partial charge in [0.2, 0.25) is 0 Å². The third kappa shape index (κ3) is 49.2. The second-order valence-corrected chi connectivity index (χ2v) is 18.9. The Morgan fingerprint density at radius 1 is 0.306 bits per heavy atom. The van der Waals surface area contributed by atoms with Crippen LogP contribution in [0, 0.1) is 0 Å². The molecule has 0 amide bonds. The number of ether oxygens (including phenoxy) is 3. The molecule has 1 atom stereocenters. The maximum Gasteiger partial charge on any atom is 0.306 e. The molecule has 0 N–H and O–H groups in total. The first kappa shape index (κ1) is 60.2. The van der Waals surface area contributed by atoms with Crippen LogP contribution in [0.1, 0.15) is 310 Å². The van der Waals surface area contributed by atoms with Gasteiger partial charge in [-0.2, -0.15) is 0 Å². The van der Waals surface area contributed by atoms with E-state index in [0.717, 1.165) is 64.2 Å². The highest BCUT2D eigenvalue weighted by molar-refractivity contribution is 5.71. The monoisotopic (exact) mass is 875 g/mol. The van der Waals surface area contributed by atoms with Gasteiger partial charge in [0.25, 0.3) is 0 Å². The molecular weight excluding hydrogens is 769 g/mol. The van der Waals surface area contributed by atoms with Crippen molar-refractivity contribution in [2.24, 2.45) is 0 Å². The molecule has 62 heavy (non-hydrogen) atoms. The van der Waals surface area contributed by atoms with Crippen LogP contribution in [-0.4, -0.2) is 37.2 Å². The molecule has 6 heteroatoms. The van der Waals surface area contributed by atoms with E-state index in [4.69, 9.17) is 14.2 Å². The number of unbranched alkanes of at least 4 members (excludes halogenated alkanes) is 38. The van der Waals surface area contributed by atoms with Crippen molar-refractivity contribution in [3.05, 3.63) is 12.2 Å². The van der Waals surface area contributed by atoms with E-state index >= 15 is 0 Å². The van der Waals surface area contributed by atoms with Crippen molar-refractivity contribution in [1.82, 2.24) is 0 Å². The third-order valence-corrected chi connectivity index (χ3v) is 12.5. The number of rotatable bonds is 51. The standard InChI is InChI=1S/C56H106O6/c1-4-7-10-13-16-19-22-25-28-31-34-37-40-43-46-49-55(58)61-52-53(51-60-54(57)48-45-42-39-36-33-30-27-24-21-18-15-12-9-6-3)62-56(59)50-47-44-41-38-35-32-29-26-23-20-17-14-11-8-5-2/h24,27,53H,4-23,25-26,28-52H2,1-3H3/b27-24-. The summed E-state index contributed by atoms with van der Waals surface area (Å²) in [6.45, 7) is 6.67. The van der Waals surface area contributed by atoms with E-state index in [0.29, 0.717) is 19.3 Å². The molecule has 0 aromatic heterocycles. The first-order chi connectivity index (χ1) is 30.5. The lowest BCUT2D eigenvalue weighted by atomic mass is 10.0. The maximum atomic E-state index is 12.8. The summed E-state index contributed by atoms with van der Waals surface area (Å²) in [7, 11) is 0. The molecule has 0 aliphatic carbocycles. The predicted molar refractivity (Wildman–Crippen MR) is 266 cm³/mol. The van der Waals surface area contributed by atoms with Gasteiger partial charge in [0.15, 0.2) is 6.10 Å². The van der Waals surface area contributed by atoms with E-state index in [1.165, 1.54) is 205 Å². The minimum atomic E-state index is -0.766. The zero-order chi connectivity index (χ0) is 45.1. The minimum Gasteiger partial charge on any atom is -0.462 e. The van der Waals surface area contributed by atoms with Crippen molar-refractivity contribution in [1.29, 1.82) is 0 Å². The second kappa shape index (κ2) is 51.8. The maximum absolute atomic E-state index is 12.8. The molecule has 0 radical (unpaired) electrons. The average Bonchev–Trinajstić information content (AvgIpc) is 3.27. The van der Waals surface area contributed by atoms with Crippen LogP contribution in [0.15, 0.2) is 12.2 Å². The number of allylic oxidation sites excluding steroid dienone is 2. The number of carbonyl (C=O) groups is 3. The number of hydrogen-bond donors (Lipinski definition) is 0. The summed E-state index contributed by atoms with van der Waals surface area (Å²) >= 11 is 0. The summed E-state index contributed by atoms with van der Waals surface area (Å²) in [5.74, 6) is -0.854. The van der Waals surface area contributed by atoms with Crippen LogP contribution in [0.2, 0.25) is 0 Å². The highest BCUT2D eigenvalue weighted by Gasteiger charge is 2.19. The van der Waals surface area contributed by atoms with E-state index in [2.05, 4.69) is 32.9 Å². The van der Waals surface area contributed by atoms with E-state index < -0.39 is 6.10 Å². The molecule has 0 aliphatic rings. The van der Waals surface area contributed by atoms with Crippen molar-refractivity contribution in [3.8, 4) is 0 Å². The summed E-state index contributed by atoms with van der Waals surface area (Å²) in [6, 6.07) is 0. The highest BCUT2D eigenvalue weighted by atomic mass is 16.6. The van der Waals surface area contributed by atoms with Gasteiger partial charge in [0.05, 0.1) is 0 Å². The topological polar surface area (TPSA) is 78.9 Å². The summed E-state index contributed by atoms with van der Waals surface area (Å²) < 4.78 is 16.8. The Morgan fingerprint density at radius 2 is 0.532 bits per heavy atom. The molecule has 0 aliphatic heterocycles. The summed E-state index contributed by atoms with van der Waals surface area (Å²) in [6.07, 6.45) is 57.6. The smallest absolute Gasteiger partial charge is 0.306 e. The molecule has 0 aromatic carbocycles. The summed E-state index contributed by atoms with van der Waals surface area (Å²) in [4.78, 5) is 38.0. The zero-order valence-electron chi connectivity index (χ0n) is 41.9. The van der Waals surface area contributed by atoms with Crippen molar-refractivity contribution < 1.29 is 28.6 Å². The van der Waals surface area contributed by atoms with Gasteiger partial charge in [-0.05, 0) is 44.9 Å². The first-order valence-corrected chi connectivity index (χ1v) is 27.7. The third-order valence-electron chi connectivity index (χ3n) is 12.5. The molecule has 6 nitrogen and oxygen atoms in total. The van der Waals surface area contributed by atoms with Crippen molar-refractivity contribution in [2.75, 3.05) is 13.2 Å².